The monoisotopic (exact) mass is 742 g/mol. The zero-order valence-electron chi connectivity index (χ0n) is 32.4. The third kappa shape index (κ3) is 37.8. The average molecular weight is 742 g/mol. The summed E-state index contributed by atoms with van der Waals surface area (Å²) < 4.78 is 32.7. The molecule has 0 rings (SSSR count). The molecule has 0 saturated heterocycles. The van der Waals surface area contributed by atoms with Crippen LogP contribution in [0.1, 0.15) is 180 Å². The molecule has 0 heterocycles. The molecule has 0 amide bonds. The Kier molecular flexibility index (Phi) is 36.7. The number of ether oxygens (including phenoxy) is 2. The Balaban J connectivity index is 4.22. The van der Waals surface area contributed by atoms with Crippen LogP contribution in [0.3, 0.4) is 0 Å². The molecule has 3 N–H and O–H groups in total. The predicted octanol–water partition coefficient (Wildman–Crippen LogP) is 11.4. The van der Waals surface area contributed by atoms with E-state index in [4.69, 9.17) is 24.3 Å². The van der Waals surface area contributed by atoms with Gasteiger partial charge in [0.2, 0.25) is 0 Å². The first-order chi connectivity index (χ1) is 24.8. The molecule has 10 heteroatoms. The fourth-order valence-corrected chi connectivity index (χ4v) is 6.35. The molecule has 298 valence electrons. The van der Waals surface area contributed by atoms with Gasteiger partial charge in [-0.3, -0.25) is 18.6 Å². The summed E-state index contributed by atoms with van der Waals surface area (Å²) in [6.07, 6.45) is 39.2. The van der Waals surface area contributed by atoms with Crippen molar-refractivity contribution in [2.45, 2.75) is 186 Å². The second-order valence-corrected chi connectivity index (χ2v) is 15.0. The third-order valence-corrected chi connectivity index (χ3v) is 9.63. The number of esters is 2. The summed E-state index contributed by atoms with van der Waals surface area (Å²) in [5.41, 5.74) is 5.34. The molecule has 9 nitrogen and oxygen atoms in total. The summed E-state index contributed by atoms with van der Waals surface area (Å²) in [7, 11) is -4.38. The molecule has 2 atom stereocenters. The highest BCUT2D eigenvalue weighted by Gasteiger charge is 2.25. The van der Waals surface area contributed by atoms with E-state index in [2.05, 4.69) is 37.8 Å². The summed E-state index contributed by atoms with van der Waals surface area (Å²) in [6.45, 7) is 5.20. The molecule has 0 spiro atoms. The molecule has 0 aliphatic heterocycles. The minimum atomic E-state index is -4.38. The first-order valence-corrected chi connectivity index (χ1v) is 21.9. The number of carbonyl (C=O) groups is 2. The van der Waals surface area contributed by atoms with Gasteiger partial charge < -0.3 is 20.1 Å². The second-order valence-electron chi connectivity index (χ2n) is 13.6. The zero-order chi connectivity index (χ0) is 37.5. The maximum Gasteiger partial charge on any atom is 0.472 e. The van der Waals surface area contributed by atoms with Crippen LogP contribution in [0.15, 0.2) is 37.0 Å². The van der Waals surface area contributed by atoms with Crippen LogP contribution >= 0.6 is 7.82 Å². The van der Waals surface area contributed by atoms with Crippen molar-refractivity contribution in [2.75, 3.05) is 26.4 Å². The van der Waals surface area contributed by atoms with Gasteiger partial charge in [0, 0.05) is 19.4 Å². The van der Waals surface area contributed by atoms with E-state index in [0.29, 0.717) is 12.8 Å². The fraction of sp³-hybridized carbons (Fsp3) is 0.805. The van der Waals surface area contributed by atoms with Crippen molar-refractivity contribution in [3.05, 3.63) is 37.0 Å². The lowest BCUT2D eigenvalue weighted by Gasteiger charge is -2.19. The van der Waals surface area contributed by atoms with E-state index >= 15 is 0 Å². The lowest BCUT2D eigenvalue weighted by Crippen LogP contribution is -2.29. The van der Waals surface area contributed by atoms with Gasteiger partial charge >= 0.3 is 19.8 Å². The molecule has 0 saturated carbocycles. The van der Waals surface area contributed by atoms with Crippen LogP contribution < -0.4 is 5.73 Å². The maximum atomic E-state index is 12.5. The third-order valence-electron chi connectivity index (χ3n) is 8.64. The Morgan fingerprint density at radius 3 is 1.67 bits per heavy atom. The number of phosphoric acid groups is 1. The van der Waals surface area contributed by atoms with Crippen LogP contribution in [0.4, 0.5) is 0 Å². The summed E-state index contributed by atoms with van der Waals surface area (Å²) in [5, 5.41) is 0. The van der Waals surface area contributed by atoms with Gasteiger partial charge in [-0.05, 0) is 57.8 Å². The number of phosphoric ester groups is 1. The van der Waals surface area contributed by atoms with Crippen LogP contribution in [0.2, 0.25) is 0 Å². The maximum absolute atomic E-state index is 12.5. The SMILES string of the molecule is C=CCCCCCCCCCCCCCCCC(=O)O[C@H](COC(=O)CCCC/C=C/C/C=C/CCCCCCCC)COP(=O)(O)OCCN. The van der Waals surface area contributed by atoms with E-state index in [1.165, 1.54) is 96.3 Å². The Hall–Kier alpha value is -1.77. The average Bonchev–Trinajstić information content (AvgIpc) is 3.11. The van der Waals surface area contributed by atoms with Crippen LogP contribution in [0.5, 0.6) is 0 Å². The standard InChI is InChI=1S/C41H76NO8P/c1-3-5-7-9-11-13-15-17-19-21-23-25-27-29-31-33-40(43)47-37-39(38-49-51(45,46)48-36-35-42)50-41(44)34-32-30-28-26-24-22-20-18-16-14-12-10-8-6-4-2/h4,17,19,23,25,39H,2-3,5-16,18,20-22,24,26-38,42H2,1H3,(H,45,46)/b19-17+,25-23+/t39-/m1/s1. The minimum absolute atomic E-state index is 0.0487. The Bertz CT molecular complexity index is 925. The number of nitrogens with two attached hydrogens (primary N) is 1. The van der Waals surface area contributed by atoms with Crippen molar-refractivity contribution in [1.29, 1.82) is 0 Å². The van der Waals surface area contributed by atoms with E-state index in [-0.39, 0.29) is 32.6 Å². The van der Waals surface area contributed by atoms with Crippen LogP contribution in [-0.4, -0.2) is 49.3 Å². The van der Waals surface area contributed by atoms with Crippen molar-refractivity contribution < 1.29 is 37.6 Å². The van der Waals surface area contributed by atoms with Crippen molar-refractivity contribution in [3.8, 4) is 0 Å². The van der Waals surface area contributed by atoms with Crippen molar-refractivity contribution in [3.63, 3.8) is 0 Å². The van der Waals surface area contributed by atoms with Crippen LogP contribution in [-0.2, 0) is 32.7 Å². The number of carbonyl (C=O) groups excluding carboxylic acids is 2. The zero-order valence-corrected chi connectivity index (χ0v) is 33.3. The Labute approximate surface area is 312 Å². The molecule has 0 aliphatic carbocycles. The quantitative estimate of drug-likeness (QED) is 0.0273. The molecular weight excluding hydrogens is 665 g/mol. The number of allylic oxidation sites excluding steroid dienone is 5. The summed E-state index contributed by atoms with van der Waals surface area (Å²) in [4.78, 5) is 34.8. The number of unbranched alkanes of at least 4 members (excludes halogenated alkanes) is 21. The molecule has 0 radical (unpaired) electrons. The largest absolute Gasteiger partial charge is 0.472 e. The normalized spacial score (nSPS) is 13.5. The molecule has 0 aliphatic rings. The van der Waals surface area contributed by atoms with Gasteiger partial charge in [-0.25, -0.2) is 4.57 Å². The van der Waals surface area contributed by atoms with E-state index in [1.54, 1.807) is 0 Å². The van der Waals surface area contributed by atoms with E-state index in [9.17, 15) is 19.0 Å². The Morgan fingerprint density at radius 1 is 0.647 bits per heavy atom. The minimum Gasteiger partial charge on any atom is -0.462 e. The highest BCUT2D eigenvalue weighted by atomic mass is 31.2. The van der Waals surface area contributed by atoms with Gasteiger partial charge in [0.05, 0.1) is 13.2 Å². The van der Waals surface area contributed by atoms with E-state index in [0.717, 1.165) is 51.4 Å². The molecule has 0 aromatic rings. The summed E-state index contributed by atoms with van der Waals surface area (Å²) in [6, 6.07) is 0. The molecule has 0 aromatic heterocycles. The second kappa shape index (κ2) is 38.0. The van der Waals surface area contributed by atoms with E-state index < -0.39 is 32.5 Å². The van der Waals surface area contributed by atoms with Gasteiger partial charge in [-0.1, -0.05) is 140 Å². The number of hydrogen-bond donors (Lipinski definition) is 2. The van der Waals surface area contributed by atoms with Crippen molar-refractivity contribution >= 4 is 19.8 Å². The molecule has 0 aromatic carbocycles. The van der Waals surface area contributed by atoms with Gasteiger partial charge in [0.1, 0.15) is 6.61 Å². The lowest BCUT2D eigenvalue weighted by molar-refractivity contribution is -0.161. The number of rotatable bonds is 39. The molecular formula is C41H76NO8P. The molecule has 0 bridgehead atoms. The van der Waals surface area contributed by atoms with Gasteiger partial charge in [0.15, 0.2) is 6.10 Å². The smallest absolute Gasteiger partial charge is 0.462 e. The van der Waals surface area contributed by atoms with E-state index in [1.807, 2.05) is 6.08 Å². The van der Waals surface area contributed by atoms with Crippen molar-refractivity contribution in [1.82, 2.24) is 0 Å². The highest BCUT2D eigenvalue weighted by molar-refractivity contribution is 7.47. The predicted molar refractivity (Wildman–Crippen MR) is 210 cm³/mol. The highest BCUT2D eigenvalue weighted by Crippen LogP contribution is 2.43. The van der Waals surface area contributed by atoms with Crippen LogP contribution in [0, 0.1) is 0 Å². The number of hydrogen-bond acceptors (Lipinski definition) is 8. The van der Waals surface area contributed by atoms with Gasteiger partial charge in [0.25, 0.3) is 0 Å². The fourth-order valence-electron chi connectivity index (χ4n) is 5.59. The lowest BCUT2D eigenvalue weighted by atomic mass is 10.0. The first kappa shape index (κ1) is 49.2. The first-order valence-electron chi connectivity index (χ1n) is 20.4. The van der Waals surface area contributed by atoms with Gasteiger partial charge in [-0.2, -0.15) is 0 Å². The topological polar surface area (TPSA) is 134 Å². The molecule has 51 heavy (non-hydrogen) atoms. The molecule has 1 unspecified atom stereocenters. The summed E-state index contributed by atoms with van der Waals surface area (Å²) >= 11 is 0. The Morgan fingerprint density at radius 2 is 1.12 bits per heavy atom. The van der Waals surface area contributed by atoms with Crippen molar-refractivity contribution in [2.24, 2.45) is 5.73 Å². The van der Waals surface area contributed by atoms with Gasteiger partial charge in [-0.15, -0.1) is 6.58 Å². The van der Waals surface area contributed by atoms with Crippen LogP contribution in [0.25, 0.3) is 0 Å². The molecule has 0 fully saturated rings. The summed E-state index contributed by atoms with van der Waals surface area (Å²) in [5.74, 6) is -0.868.